The average molecular weight is 377 g/mol. The van der Waals surface area contributed by atoms with E-state index in [1.54, 1.807) is 6.92 Å². The molecule has 1 N–H and O–H groups in total. The molecule has 0 saturated carbocycles. The second-order valence-corrected chi connectivity index (χ2v) is 7.96. The number of hydrogen-bond acceptors (Lipinski definition) is 2. The Kier molecular flexibility index (Phi) is 6.36. The number of hydrogen-bond donors (Lipinski definition) is 1. The van der Waals surface area contributed by atoms with Gasteiger partial charge in [-0.1, -0.05) is 97.9 Å². The molecule has 3 heteroatoms. The zero-order chi connectivity index (χ0) is 19.1. The summed E-state index contributed by atoms with van der Waals surface area (Å²) in [5, 5.41) is 9.25. The maximum atomic E-state index is 11.3. The van der Waals surface area contributed by atoms with Gasteiger partial charge in [0.15, 0.2) is 0 Å². The van der Waals surface area contributed by atoms with E-state index in [4.69, 9.17) is 0 Å². The molecule has 0 unspecified atom stereocenters. The number of benzene rings is 3. The fourth-order valence-corrected chi connectivity index (χ4v) is 4.97. The maximum Gasteiger partial charge on any atom is 0.306 e. The largest absolute Gasteiger partial charge is 0.481 e. The molecule has 0 amide bonds. The molecule has 3 aromatic rings. The maximum absolute atomic E-state index is 11.3. The van der Waals surface area contributed by atoms with Gasteiger partial charge in [0.2, 0.25) is 0 Å². The van der Waals surface area contributed by atoms with Crippen LogP contribution < -0.4 is 0 Å². The zero-order valence-corrected chi connectivity index (χ0v) is 16.2. The molecule has 0 heterocycles. The standard InChI is InChI=1S/C24H24O2S/c1-19(23(25)26)17-18-27-24(20-11-5-2-6-12-20,21-13-7-3-8-14-21)22-15-9-4-10-16-22/h2-16,19H,17-18H2,1H3,(H,25,26)/t19-/m0/s1. The van der Waals surface area contributed by atoms with Crippen LogP contribution in [0.1, 0.15) is 30.0 Å². The molecule has 3 rings (SSSR count). The molecular formula is C24H24O2S. The van der Waals surface area contributed by atoms with E-state index in [0.29, 0.717) is 6.42 Å². The molecule has 0 fully saturated rings. The van der Waals surface area contributed by atoms with Crippen molar-refractivity contribution in [1.29, 1.82) is 0 Å². The van der Waals surface area contributed by atoms with E-state index in [2.05, 4.69) is 72.8 Å². The van der Waals surface area contributed by atoms with Crippen LogP contribution in [-0.4, -0.2) is 16.8 Å². The van der Waals surface area contributed by atoms with Gasteiger partial charge in [-0.25, -0.2) is 0 Å². The van der Waals surface area contributed by atoms with Crippen LogP contribution in [0, 0.1) is 5.92 Å². The van der Waals surface area contributed by atoms with Gasteiger partial charge in [0.05, 0.1) is 10.7 Å². The first-order valence-electron chi connectivity index (χ1n) is 9.18. The van der Waals surface area contributed by atoms with Crippen LogP contribution in [0.5, 0.6) is 0 Å². The SMILES string of the molecule is C[C@@H](CCSC(c1ccccc1)(c1ccccc1)c1ccccc1)C(=O)O. The van der Waals surface area contributed by atoms with Crippen LogP contribution in [-0.2, 0) is 9.54 Å². The molecule has 1 atom stereocenters. The lowest BCUT2D eigenvalue weighted by molar-refractivity contribution is -0.141. The molecule has 0 aliphatic rings. The highest BCUT2D eigenvalue weighted by Gasteiger charge is 2.36. The van der Waals surface area contributed by atoms with E-state index in [1.807, 2.05) is 30.0 Å². The van der Waals surface area contributed by atoms with Crippen molar-refractivity contribution in [2.75, 3.05) is 5.75 Å². The Hall–Kier alpha value is -2.52. The molecule has 3 aromatic carbocycles. The topological polar surface area (TPSA) is 37.3 Å². The summed E-state index contributed by atoms with van der Waals surface area (Å²) in [6.07, 6.45) is 0.633. The van der Waals surface area contributed by atoms with Crippen LogP contribution in [0.4, 0.5) is 0 Å². The molecule has 0 saturated heterocycles. The van der Waals surface area contributed by atoms with E-state index in [0.717, 1.165) is 5.75 Å². The second kappa shape index (κ2) is 8.92. The van der Waals surface area contributed by atoms with Crippen molar-refractivity contribution in [2.24, 2.45) is 5.92 Å². The van der Waals surface area contributed by atoms with Crippen molar-refractivity contribution in [3.63, 3.8) is 0 Å². The first-order chi connectivity index (χ1) is 13.1. The molecule has 27 heavy (non-hydrogen) atoms. The van der Waals surface area contributed by atoms with E-state index < -0.39 is 5.97 Å². The highest BCUT2D eigenvalue weighted by molar-refractivity contribution is 8.00. The smallest absolute Gasteiger partial charge is 0.306 e. The first-order valence-corrected chi connectivity index (χ1v) is 10.2. The van der Waals surface area contributed by atoms with E-state index >= 15 is 0 Å². The Morgan fingerprint density at radius 3 is 1.52 bits per heavy atom. The summed E-state index contributed by atoms with van der Waals surface area (Å²) in [6.45, 7) is 1.78. The molecule has 2 nitrogen and oxygen atoms in total. The van der Waals surface area contributed by atoms with Crippen molar-refractivity contribution in [2.45, 2.75) is 18.1 Å². The summed E-state index contributed by atoms with van der Waals surface area (Å²) in [5.74, 6) is -0.329. The summed E-state index contributed by atoms with van der Waals surface area (Å²) >= 11 is 1.81. The van der Waals surface area contributed by atoms with Crippen LogP contribution >= 0.6 is 11.8 Å². The predicted octanol–water partition coefficient (Wildman–Crippen LogP) is 5.82. The van der Waals surface area contributed by atoms with Gasteiger partial charge >= 0.3 is 5.97 Å². The van der Waals surface area contributed by atoms with Crippen molar-refractivity contribution < 1.29 is 9.90 Å². The minimum Gasteiger partial charge on any atom is -0.481 e. The molecule has 0 aliphatic carbocycles. The summed E-state index contributed by atoms with van der Waals surface area (Å²) < 4.78 is -0.373. The summed E-state index contributed by atoms with van der Waals surface area (Å²) in [6, 6.07) is 31.4. The summed E-state index contributed by atoms with van der Waals surface area (Å²) in [4.78, 5) is 11.3. The van der Waals surface area contributed by atoms with E-state index in [9.17, 15) is 9.90 Å². The third-order valence-corrected chi connectivity index (χ3v) is 6.41. The first kappa shape index (κ1) is 19.2. The molecule has 0 aromatic heterocycles. The molecule has 0 bridgehead atoms. The fraction of sp³-hybridized carbons (Fsp3) is 0.208. The lowest BCUT2D eigenvalue weighted by Crippen LogP contribution is -2.26. The highest BCUT2D eigenvalue weighted by Crippen LogP contribution is 2.48. The number of carboxylic acids is 1. The Morgan fingerprint density at radius 1 is 0.815 bits per heavy atom. The van der Waals surface area contributed by atoms with Gasteiger partial charge in [0, 0.05) is 0 Å². The van der Waals surface area contributed by atoms with Crippen molar-refractivity contribution >= 4 is 17.7 Å². The van der Waals surface area contributed by atoms with E-state index in [-0.39, 0.29) is 10.7 Å². The van der Waals surface area contributed by atoms with Crippen LogP contribution in [0.25, 0.3) is 0 Å². The Labute approximate surface area is 165 Å². The normalized spacial score (nSPS) is 12.5. The molecular weight excluding hydrogens is 352 g/mol. The fourth-order valence-electron chi connectivity index (χ4n) is 3.28. The number of aliphatic carboxylic acids is 1. The quantitative estimate of drug-likeness (QED) is 0.503. The van der Waals surface area contributed by atoms with Crippen LogP contribution in [0.3, 0.4) is 0 Å². The van der Waals surface area contributed by atoms with Crippen LogP contribution in [0.2, 0.25) is 0 Å². The second-order valence-electron chi connectivity index (χ2n) is 6.66. The Bertz CT molecular complexity index is 751. The van der Waals surface area contributed by atoms with Gasteiger partial charge in [-0.05, 0) is 28.9 Å². The highest BCUT2D eigenvalue weighted by atomic mass is 32.2. The van der Waals surface area contributed by atoms with Crippen molar-refractivity contribution in [3.05, 3.63) is 108 Å². The summed E-state index contributed by atoms with van der Waals surface area (Å²) in [7, 11) is 0. The van der Waals surface area contributed by atoms with Gasteiger partial charge in [0.25, 0.3) is 0 Å². The number of rotatable bonds is 8. The Morgan fingerprint density at radius 2 is 1.19 bits per heavy atom. The number of carbonyl (C=O) groups is 1. The van der Waals surface area contributed by atoms with Gasteiger partial charge in [0.1, 0.15) is 0 Å². The Balaban J connectivity index is 2.10. The lowest BCUT2D eigenvalue weighted by atomic mass is 9.84. The van der Waals surface area contributed by atoms with Crippen molar-refractivity contribution in [1.82, 2.24) is 0 Å². The monoisotopic (exact) mass is 376 g/mol. The predicted molar refractivity (Wildman–Crippen MR) is 113 cm³/mol. The van der Waals surface area contributed by atoms with Gasteiger partial charge in [-0.15, -0.1) is 11.8 Å². The molecule has 0 spiro atoms. The number of thioether (sulfide) groups is 1. The lowest BCUT2D eigenvalue weighted by Gasteiger charge is -2.35. The minimum atomic E-state index is -0.736. The summed E-state index contributed by atoms with van der Waals surface area (Å²) in [5.41, 5.74) is 3.61. The van der Waals surface area contributed by atoms with Gasteiger partial charge in [-0.3, -0.25) is 4.79 Å². The third-order valence-electron chi connectivity index (χ3n) is 4.83. The molecule has 0 radical (unpaired) electrons. The van der Waals surface area contributed by atoms with Gasteiger partial charge < -0.3 is 5.11 Å². The van der Waals surface area contributed by atoms with Crippen LogP contribution in [0.15, 0.2) is 91.0 Å². The zero-order valence-electron chi connectivity index (χ0n) is 15.4. The molecule has 138 valence electrons. The van der Waals surface area contributed by atoms with Gasteiger partial charge in [-0.2, -0.15) is 0 Å². The third kappa shape index (κ3) is 4.25. The minimum absolute atomic E-state index is 0.350. The molecule has 0 aliphatic heterocycles. The average Bonchev–Trinajstić information content (AvgIpc) is 2.73. The number of carboxylic acid groups (broad SMARTS) is 1. The van der Waals surface area contributed by atoms with Crippen molar-refractivity contribution in [3.8, 4) is 0 Å². The van der Waals surface area contributed by atoms with E-state index in [1.165, 1.54) is 16.7 Å².